The molecule has 0 unspecified atom stereocenters. The number of nitrogens with one attached hydrogen (secondary N) is 1. The summed E-state index contributed by atoms with van der Waals surface area (Å²) in [5, 5.41) is 23.0. The molecule has 0 saturated heterocycles. The van der Waals surface area contributed by atoms with Crippen LogP contribution in [0.15, 0.2) is 30.6 Å². The number of amides is 1. The summed E-state index contributed by atoms with van der Waals surface area (Å²) in [4.78, 5) is 12.3. The zero-order chi connectivity index (χ0) is 28.9. The van der Waals surface area contributed by atoms with E-state index in [0.29, 0.717) is 12.8 Å². The van der Waals surface area contributed by atoms with E-state index in [4.69, 9.17) is 0 Å². The summed E-state index contributed by atoms with van der Waals surface area (Å²) in [5.74, 6) is -0.0419. The molecule has 0 saturated carbocycles. The number of pyridine rings is 1. The van der Waals surface area contributed by atoms with Crippen molar-refractivity contribution in [3.63, 3.8) is 0 Å². The third kappa shape index (κ3) is 25.3. The molecule has 41 heavy (non-hydrogen) atoms. The van der Waals surface area contributed by atoms with Gasteiger partial charge >= 0.3 is 0 Å². The second kappa shape index (κ2) is 30.5. The van der Waals surface area contributed by atoms with E-state index in [1.54, 1.807) is 0 Å². The molecule has 6 heteroatoms. The number of carbonyl (C=O) groups excluding carboxylic acids is 1. The number of aromatic nitrogens is 1. The van der Waals surface area contributed by atoms with E-state index in [1.807, 2.05) is 0 Å². The molecule has 3 N–H and O–H groups in total. The Hall–Kier alpha value is -0.980. The van der Waals surface area contributed by atoms with E-state index in [1.165, 1.54) is 116 Å². The lowest BCUT2D eigenvalue weighted by molar-refractivity contribution is -0.697. The van der Waals surface area contributed by atoms with Crippen molar-refractivity contribution < 1.29 is 36.6 Å². The van der Waals surface area contributed by atoms with E-state index in [9.17, 15) is 15.0 Å². The molecule has 0 aliphatic heterocycles. The monoisotopic (exact) mass is 640 g/mol. The maximum Gasteiger partial charge on any atom is 0.220 e. The highest BCUT2D eigenvalue weighted by Crippen LogP contribution is 2.15. The van der Waals surface area contributed by atoms with Gasteiger partial charge in [-0.15, -0.1) is 0 Å². The van der Waals surface area contributed by atoms with Gasteiger partial charge in [-0.25, -0.2) is 4.57 Å². The predicted octanol–water partition coefficient (Wildman–Crippen LogP) is 5.20. The Morgan fingerprint density at radius 1 is 0.659 bits per heavy atom. The van der Waals surface area contributed by atoms with Crippen LogP contribution in [0.5, 0.6) is 0 Å². The van der Waals surface area contributed by atoms with Crippen molar-refractivity contribution in [3.8, 4) is 0 Å². The third-order valence-corrected chi connectivity index (χ3v) is 8.21. The maximum absolute atomic E-state index is 12.3. The predicted molar refractivity (Wildman–Crippen MR) is 168 cm³/mol. The van der Waals surface area contributed by atoms with Gasteiger partial charge in [0.25, 0.3) is 0 Å². The van der Waals surface area contributed by atoms with Crippen LogP contribution in [0.1, 0.15) is 161 Å². The molecule has 1 aromatic heterocycles. The van der Waals surface area contributed by atoms with Gasteiger partial charge in [0, 0.05) is 25.0 Å². The molecule has 1 rings (SSSR count). The lowest BCUT2D eigenvalue weighted by Crippen LogP contribution is -3.00. The van der Waals surface area contributed by atoms with Gasteiger partial charge in [-0.3, -0.25) is 4.79 Å². The number of aliphatic hydroxyl groups is 2. The molecule has 0 radical (unpaired) electrons. The maximum atomic E-state index is 12.3. The summed E-state index contributed by atoms with van der Waals surface area (Å²) < 4.78 is 2.25. The Morgan fingerprint density at radius 3 is 1.59 bits per heavy atom. The van der Waals surface area contributed by atoms with Crippen LogP contribution in [-0.4, -0.2) is 34.9 Å². The molecule has 0 aliphatic rings. The van der Waals surface area contributed by atoms with E-state index in [2.05, 4.69) is 47.4 Å². The number of unbranched alkanes of at least 4 members (excludes halogenated alkanes) is 20. The lowest BCUT2D eigenvalue weighted by atomic mass is 10.0. The fourth-order valence-corrected chi connectivity index (χ4v) is 5.52. The third-order valence-electron chi connectivity index (χ3n) is 8.21. The summed E-state index contributed by atoms with van der Waals surface area (Å²) in [7, 11) is 0. The summed E-state index contributed by atoms with van der Waals surface area (Å²) >= 11 is 0. The molecule has 0 fully saturated rings. The van der Waals surface area contributed by atoms with Gasteiger partial charge in [0.1, 0.15) is 6.54 Å². The van der Waals surface area contributed by atoms with Crippen LogP contribution in [-0.2, 0) is 11.3 Å². The first-order chi connectivity index (χ1) is 19.7. The van der Waals surface area contributed by atoms with Crippen molar-refractivity contribution >= 4 is 5.91 Å². The van der Waals surface area contributed by atoms with E-state index in [0.717, 1.165) is 32.2 Å². The van der Waals surface area contributed by atoms with Crippen molar-refractivity contribution in [3.05, 3.63) is 30.6 Å². The average Bonchev–Trinajstić information content (AvgIpc) is 2.97. The van der Waals surface area contributed by atoms with Gasteiger partial charge in [-0.2, -0.15) is 0 Å². The Bertz CT molecular complexity index is 677. The molecule has 1 heterocycles. The highest BCUT2D eigenvalue weighted by Gasteiger charge is 2.19. The molecule has 5 nitrogen and oxygen atoms in total. The van der Waals surface area contributed by atoms with Crippen molar-refractivity contribution in [1.29, 1.82) is 0 Å². The number of rotatable bonds is 29. The van der Waals surface area contributed by atoms with Crippen LogP contribution < -0.4 is 26.9 Å². The second-order valence-electron chi connectivity index (χ2n) is 12.0. The quantitative estimate of drug-likeness (QED) is 0.0833. The average molecular weight is 642 g/mol. The molecule has 0 spiro atoms. The first kappa shape index (κ1) is 40.0. The smallest absolute Gasteiger partial charge is 0.220 e. The van der Waals surface area contributed by atoms with Crippen LogP contribution >= 0.6 is 0 Å². The van der Waals surface area contributed by atoms with Gasteiger partial charge in [0.15, 0.2) is 12.4 Å². The van der Waals surface area contributed by atoms with Crippen molar-refractivity contribution in [2.24, 2.45) is 0 Å². The number of halogens is 1. The first-order valence-electron chi connectivity index (χ1n) is 17.2. The molecule has 0 bridgehead atoms. The van der Waals surface area contributed by atoms with Crippen LogP contribution in [0, 0.1) is 0 Å². The molecule has 0 aromatic carbocycles. The van der Waals surface area contributed by atoms with E-state index < -0.39 is 12.1 Å². The fraction of sp³-hybridized carbons (Fsp3) is 0.829. The number of hydrogen-bond acceptors (Lipinski definition) is 3. The number of nitrogens with zero attached hydrogens (tertiary/aromatic N) is 1. The number of aryl methyl sites for hydroxylation is 1. The Morgan fingerprint density at radius 2 is 1.10 bits per heavy atom. The fourth-order valence-electron chi connectivity index (χ4n) is 5.52. The zero-order valence-electron chi connectivity index (χ0n) is 26.6. The summed E-state index contributed by atoms with van der Waals surface area (Å²) in [6.45, 7) is 3.18. The summed E-state index contributed by atoms with van der Waals surface area (Å²) in [6, 6.07) is 5.69. The van der Waals surface area contributed by atoms with Crippen molar-refractivity contribution in [2.45, 2.75) is 180 Å². The SMILES string of the molecule is CCCCCCCCCCCCCCC[C@@H](O)[C@@H](CO)NC(=O)CCCCCCCCCCC[n+]1ccccc1.[Br-]. The van der Waals surface area contributed by atoms with Gasteiger partial charge in [-0.05, 0) is 19.3 Å². The van der Waals surface area contributed by atoms with E-state index >= 15 is 0 Å². The Balaban J connectivity index is 0.0000160. The molecular formula is C35H65BrN2O3. The number of hydrogen-bond donors (Lipinski definition) is 3. The largest absolute Gasteiger partial charge is 1.00 e. The minimum atomic E-state index is -0.659. The molecule has 0 aliphatic carbocycles. The topological polar surface area (TPSA) is 73.4 Å². The van der Waals surface area contributed by atoms with Gasteiger partial charge in [-0.1, -0.05) is 135 Å². The number of aliphatic hydroxyl groups excluding tert-OH is 2. The summed E-state index contributed by atoms with van der Waals surface area (Å²) in [6.07, 6.45) is 32.4. The van der Waals surface area contributed by atoms with Crippen LogP contribution in [0.4, 0.5) is 0 Å². The highest BCUT2D eigenvalue weighted by molar-refractivity contribution is 5.76. The second-order valence-corrected chi connectivity index (χ2v) is 12.0. The summed E-state index contributed by atoms with van der Waals surface area (Å²) in [5.41, 5.74) is 0. The highest BCUT2D eigenvalue weighted by atomic mass is 79.9. The van der Waals surface area contributed by atoms with Gasteiger partial charge in [0.2, 0.25) is 5.91 Å². The zero-order valence-corrected chi connectivity index (χ0v) is 28.1. The van der Waals surface area contributed by atoms with Crippen LogP contribution in [0.3, 0.4) is 0 Å². The van der Waals surface area contributed by atoms with Crippen molar-refractivity contribution in [2.75, 3.05) is 6.61 Å². The van der Waals surface area contributed by atoms with Crippen molar-refractivity contribution in [1.82, 2.24) is 5.32 Å². The Kier molecular flexibility index (Phi) is 29.7. The number of carbonyl (C=O) groups is 1. The standard InChI is InChI=1S/C35H64N2O3.BrH/c1-2-3-4-5-6-7-8-9-10-12-15-18-22-27-34(39)33(32-38)36-35(40)28-23-19-16-13-11-14-17-20-24-29-37-30-25-21-26-31-37;/h21,25-26,30-31,33-34,38-39H,2-20,22-24,27-29,32H2,1H3;1H/t33-,34-;/m1./s1. The molecule has 1 aromatic rings. The molecule has 240 valence electrons. The molecule has 1 amide bonds. The van der Waals surface area contributed by atoms with E-state index in [-0.39, 0.29) is 29.5 Å². The molecular weight excluding hydrogens is 576 g/mol. The molecule has 2 atom stereocenters. The minimum absolute atomic E-state index is 0. The minimum Gasteiger partial charge on any atom is -1.00 e. The van der Waals surface area contributed by atoms with Crippen LogP contribution in [0.2, 0.25) is 0 Å². The Labute approximate surface area is 264 Å². The first-order valence-corrected chi connectivity index (χ1v) is 17.2. The van der Waals surface area contributed by atoms with Crippen LogP contribution in [0.25, 0.3) is 0 Å². The van der Waals surface area contributed by atoms with Gasteiger partial charge < -0.3 is 32.5 Å². The normalized spacial score (nSPS) is 12.6. The lowest BCUT2D eigenvalue weighted by Gasteiger charge is -2.22. The van der Waals surface area contributed by atoms with Gasteiger partial charge in [0.05, 0.1) is 18.8 Å².